The molecule has 0 bridgehead atoms. The minimum atomic E-state index is -0.315. The highest BCUT2D eigenvalue weighted by molar-refractivity contribution is 8.00. The third kappa shape index (κ3) is 7.86. The lowest BCUT2D eigenvalue weighted by Gasteiger charge is -2.20. The maximum Gasteiger partial charge on any atom is 0.123 e. The van der Waals surface area contributed by atoms with Crippen LogP contribution in [0.15, 0.2) is 97.1 Å². The first-order valence-corrected chi connectivity index (χ1v) is 13.7. The van der Waals surface area contributed by atoms with Gasteiger partial charge in [-0.2, -0.15) is 0 Å². The van der Waals surface area contributed by atoms with Crippen molar-refractivity contribution in [1.29, 1.82) is 0 Å². The molecule has 2 atom stereocenters. The van der Waals surface area contributed by atoms with Gasteiger partial charge in [0.1, 0.15) is 11.6 Å². The fourth-order valence-electron chi connectivity index (χ4n) is 3.59. The summed E-state index contributed by atoms with van der Waals surface area (Å²) in [6.07, 6.45) is 7.85. The van der Waals surface area contributed by atoms with Crippen molar-refractivity contribution in [3.8, 4) is 0 Å². The van der Waals surface area contributed by atoms with Gasteiger partial charge in [0.15, 0.2) is 0 Å². The monoisotopic (exact) mass is 590 g/mol. The summed E-state index contributed by atoms with van der Waals surface area (Å²) < 4.78 is 27.4. The zero-order valence-electron chi connectivity index (χ0n) is 19.2. The van der Waals surface area contributed by atoms with Gasteiger partial charge >= 0.3 is 0 Å². The lowest BCUT2D eigenvalue weighted by Crippen LogP contribution is -1.98. The van der Waals surface area contributed by atoms with E-state index >= 15 is 0 Å². The fourth-order valence-corrected chi connectivity index (χ4v) is 5.81. The molecule has 0 heterocycles. The van der Waals surface area contributed by atoms with Crippen LogP contribution in [0.2, 0.25) is 20.1 Å². The van der Waals surface area contributed by atoms with Crippen molar-refractivity contribution < 1.29 is 8.78 Å². The summed E-state index contributed by atoms with van der Waals surface area (Å²) in [5, 5.41) is 1.78. The van der Waals surface area contributed by atoms with Crippen LogP contribution in [-0.4, -0.2) is 0 Å². The van der Waals surface area contributed by atoms with Gasteiger partial charge in [0.25, 0.3) is 0 Å². The highest BCUT2D eigenvalue weighted by atomic mass is 35.5. The van der Waals surface area contributed by atoms with E-state index in [0.29, 0.717) is 20.1 Å². The van der Waals surface area contributed by atoms with Gasteiger partial charge in [-0.3, -0.25) is 0 Å². The van der Waals surface area contributed by atoms with Crippen molar-refractivity contribution in [3.05, 3.63) is 151 Å². The number of hydrogen-bond donors (Lipinski definition) is 0. The molecule has 0 fully saturated rings. The molecule has 0 aliphatic carbocycles. The third-order valence-corrected chi connectivity index (χ3v) is 8.09. The Bertz CT molecular complexity index is 1310. The Kier molecular flexibility index (Phi) is 9.75. The van der Waals surface area contributed by atoms with Crippen molar-refractivity contribution in [1.82, 2.24) is 0 Å². The summed E-state index contributed by atoms with van der Waals surface area (Å²) in [7, 11) is 0. The minimum Gasteiger partial charge on any atom is -0.207 e. The van der Waals surface area contributed by atoms with Gasteiger partial charge in [-0.05, 0) is 70.8 Å². The van der Waals surface area contributed by atoms with E-state index in [2.05, 4.69) is 0 Å². The van der Waals surface area contributed by atoms with Gasteiger partial charge < -0.3 is 0 Å². The summed E-state index contributed by atoms with van der Waals surface area (Å²) in [5.74, 6) is -0.630. The zero-order chi connectivity index (χ0) is 26.4. The molecule has 4 aromatic carbocycles. The maximum absolute atomic E-state index is 13.7. The molecule has 0 radical (unpaired) electrons. The van der Waals surface area contributed by atoms with Gasteiger partial charge in [0.2, 0.25) is 0 Å². The average Bonchev–Trinajstić information content (AvgIpc) is 2.87. The van der Waals surface area contributed by atoms with Crippen LogP contribution in [0.5, 0.6) is 0 Å². The first-order chi connectivity index (χ1) is 17.8. The minimum absolute atomic E-state index is 0.187. The van der Waals surface area contributed by atoms with Crippen LogP contribution in [0.4, 0.5) is 8.78 Å². The van der Waals surface area contributed by atoms with E-state index in [9.17, 15) is 8.78 Å². The first-order valence-electron chi connectivity index (χ1n) is 11.2. The highest BCUT2D eigenvalue weighted by Gasteiger charge is 2.18. The van der Waals surface area contributed by atoms with Gasteiger partial charge in [-0.15, -0.1) is 11.8 Å². The standard InChI is InChI=1S/C30H20Cl4F2S/c31-23-9-1-19(27(33)17-23)7-15-29(21-3-11-25(35)12-4-21)37-30(22-5-13-26(36)14-6-22)16-8-20-2-10-24(32)18-28(20)34/h1-18,29-30H. The molecule has 4 aromatic rings. The molecule has 0 spiro atoms. The fraction of sp³-hybridized carbons (Fsp3) is 0.0667. The molecule has 0 aromatic heterocycles. The van der Waals surface area contributed by atoms with E-state index in [-0.39, 0.29) is 22.1 Å². The number of hydrogen-bond acceptors (Lipinski definition) is 1. The smallest absolute Gasteiger partial charge is 0.123 e. The molecule has 0 saturated heterocycles. The molecule has 0 aliphatic rings. The predicted molar refractivity (Wildman–Crippen MR) is 157 cm³/mol. The molecule has 2 unspecified atom stereocenters. The summed E-state index contributed by atoms with van der Waals surface area (Å²) in [6.45, 7) is 0. The molecule has 0 nitrogen and oxygen atoms in total. The SMILES string of the molecule is Fc1ccc(C(C=Cc2ccc(Cl)cc2Cl)SC(C=Cc2ccc(Cl)cc2Cl)c2ccc(F)cc2)cc1. The summed E-state index contributed by atoms with van der Waals surface area (Å²) in [6, 6.07) is 23.3. The van der Waals surface area contributed by atoms with Crippen molar-refractivity contribution in [2.75, 3.05) is 0 Å². The average molecular weight is 592 g/mol. The molecule has 0 amide bonds. The molecule has 7 heteroatoms. The summed E-state index contributed by atoms with van der Waals surface area (Å²) in [5.41, 5.74) is 3.41. The summed E-state index contributed by atoms with van der Waals surface area (Å²) >= 11 is 26.5. The molecular formula is C30H20Cl4F2S. The Balaban J connectivity index is 1.71. The number of rotatable bonds is 8. The maximum atomic E-state index is 13.7. The zero-order valence-corrected chi connectivity index (χ0v) is 23.1. The Morgan fingerprint density at radius 1 is 0.541 bits per heavy atom. The van der Waals surface area contributed by atoms with Crippen LogP contribution in [-0.2, 0) is 0 Å². The van der Waals surface area contributed by atoms with Crippen LogP contribution < -0.4 is 0 Å². The van der Waals surface area contributed by atoms with Gasteiger partial charge in [0, 0.05) is 30.6 Å². The molecule has 0 aliphatic heterocycles. The quantitative estimate of drug-likeness (QED) is 0.196. The van der Waals surface area contributed by atoms with E-state index in [1.54, 1.807) is 60.3 Å². The van der Waals surface area contributed by atoms with Crippen LogP contribution in [0.25, 0.3) is 12.2 Å². The van der Waals surface area contributed by atoms with Gasteiger partial charge in [0.05, 0.1) is 0 Å². The largest absolute Gasteiger partial charge is 0.207 e. The molecular weight excluding hydrogens is 572 g/mol. The summed E-state index contributed by atoms with van der Waals surface area (Å²) in [4.78, 5) is 0. The van der Waals surface area contributed by atoms with Crippen molar-refractivity contribution in [3.63, 3.8) is 0 Å². The van der Waals surface area contributed by atoms with Crippen LogP contribution >= 0.6 is 58.2 Å². The second kappa shape index (κ2) is 13.0. The van der Waals surface area contributed by atoms with Gasteiger partial charge in [-0.1, -0.05) is 107 Å². The van der Waals surface area contributed by atoms with E-state index in [4.69, 9.17) is 46.4 Å². The van der Waals surface area contributed by atoms with E-state index < -0.39 is 0 Å². The van der Waals surface area contributed by atoms with E-state index in [0.717, 1.165) is 22.3 Å². The predicted octanol–water partition coefficient (Wildman–Crippen LogP) is 11.5. The van der Waals surface area contributed by atoms with Crippen molar-refractivity contribution in [2.24, 2.45) is 0 Å². The lowest BCUT2D eigenvalue weighted by atomic mass is 10.1. The molecule has 4 rings (SSSR count). The van der Waals surface area contributed by atoms with Gasteiger partial charge in [-0.25, -0.2) is 8.78 Å². The number of thioether (sulfide) groups is 1. The second-order valence-electron chi connectivity index (χ2n) is 8.13. The Morgan fingerprint density at radius 2 is 0.919 bits per heavy atom. The molecule has 0 saturated carbocycles. The topological polar surface area (TPSA) is 0 Å². The molecule has 37 heavy (non-hydrogen) atoms. The third-order valence-electron chi connectivity index (χ3n) is 5.52. The highest BCUT2D eigenvalue weighted by Crippen LogP contribution is 2.43. The molecule has 188 valence electrons. The van der Waals surface area contributed by atoms with E-state index in [1.165, 1.54) is 24.3 Å². The van der Waals surface area contributed by atoms with Crippen molar-refractivity contribution >= 4 is 70.3 Å². The van der Waals surface area contributed by atoms with Crippen LogP contribution in [0, 0.1) is 11.6 Å². The van der Waals surface area contributed by atoms with E-state index in [1.807, 2.05) is 36.4 Å². The Hall–Kier alpha value is -2.27. The Morgan fingerprint density at radius 3 is 1.27 bits per heavy atom. The second-order valence-corrected chi connectivity index (χ2v) is 11.1. The number of benzene rings is 4. The first kappa shape index (κ1) is 27.8. The number of halogens is 6. The van der Waals surface area contributed by atoms with Crippen molar-refractivity contribution in [2.45, 2.75) is 10.5 Å². The molecule has 0 N–H and O–H groups in total. The Labute approximate surface area is 239 Å². The normalized spacial score (nSPS) is 13.4. The van der Waals surface area contributed by atoms with Crippen LogP contribution in [0.1, 0.15) is 32.8 Å². The lowest BCUT2D eigenvalue weighted by molar-refractivity contribution is 0.627. The van der Waals surface area contributed by atoms with Crippen LogP contribution in [0.3, 0.4) is 0 Å².